The predicted molar refractivity (Wildman–Crippen MR) is 152 cm³/mol. The minimum atomic E-state index is -0.837. The fourth-order valence-corrected chi connectivity index (χ4v) is 6.52. The number of hydrogen-bond donors (Lipinski definition) is 1. The second kappa shape index (κ2) is 16.8. The lowest BCUT2D eigenvalue weighted by Crippen LogP contribution is -2.47. The smallest absolute Gasteiger partial charge is 0.114 e. The first-order valence-corrected chi connectivity index (χ1v) is 14.6. The van der Waals surface area contributed by atoms with Crippen molar-refractivity contribution in [2.45, 2.75) is 56.6 Å². The molecule has 0 unspecified atom stereocenters. The van der Waals surface area contributed by atoms with Gasteiger partial charge in [0.25, 0.3) is 0 Å². The molecule has 0 saturated carbocycles. The number of aliphatic hydroxyl groups is 1. The molecule has 0 aliphatic heterocycles. The van der Waals surface area contributed by atoms with Crippen molar-refractivity contribution in [3.8, 4) is 0 Å². The van der Waals surface area contributed by atoms with Crippen LogP contribution in [0.1, 0.15) is 30.5 Å². The highest BCUT2D eigenvalue weighted by Crippen LogP contribution is 2.33. The van der Waals surface area contributed by atoms with Crippen LogP contribution in [0.4, 0.5) is 0 Å². The van der Waals surface area contributed by atoms with Gasteiger partial charge >= 0.3 is 0 Å². The van der Waals surface area contributed by atoms with Gasteiger partial charge in [0, 0.05) is 0 Å². The molecule has 3 aromatic carbocycles. The summed E-state index contributed by atoms with van der Waals surface area (Å²) >= 11 is 3.68. The van der Waals surface area contributed by atoms with E-state index in [9.17, 15) is 5.11 Å². The minimum Gasteiger partial charge on any atom is -0.388 e. The van der Waals surface area contributed by atoms with Crippen LogP contribution in [0.3, 0.4) is 0 Å². The molecule has 0 aliphatic rings. The molecule has 0 heterocycles. The Kier molecular flexibility index (Phi) is 13.5. The van der Waals surface area contributed by atoms with Gasteiger partial charge in [0.05, 0.1) is 31.0 Å². The van der Waals surface area contributed by atoms with E-state index >= 15 is 0 Å². The number of rotatable bonds is 17. The molecule has 36 heavy (non-hydrogen) atoms. The third kappa shape index (κ3) is 9.92. The normalized spacial score (nSPS) is 14.0. The van der Waals surface area contributed by atoms with Crippen LogP contribution in [-0.4, -0.2) is 46.1 Å². The van der Waals surface area contributed by atoms with Crippen LogP contribution < -0.4 is 0 Å². The highest BCUT2D eigenvalue weighted by Gasteiger charge is 2.36. The highest BCUT2D eigenvalue weighted by atomic mass is 32.2. The summed E-state index contributed by atoms with van der Waals surface area (Å²) < 4.78 is 19.0. The average Bonchev–Trinajstić information content (AvgIpc) is 2.92. The molecule has 3 aromatic rings. The van der Waals surface area contributed by atoms with Gasteiger partial charge in [0.15, 0.2) is 0 Å². The maximum absolute atomic E-state index is 11.4. The van der Waals surface area contributed by atoms with E-state index < -0.39 is 12.2 Å². The number of aliphatic hydroxyl groups excluding tert-OH is 1. The van der Waals surface area contributed by atoms with Gasteiger partial charge in [-0.25, -0.2) is 0 Å². The van der Waals surface area contributed by atoms with Crippen molar-refractivity contribution in [1.29, 1.82) is 0 Å². The molecule has 4 nitrogen and oxygen atoms in total. The third-order valence-electron chi connectivity index (χ3n) is 5.60. The Morgan fingerprint density at radius 2 is 1.03 bits per heavy atom. The summed E-state index contributed by atoms with van der Waals surface area (Å²) in [7, 11) is 0. The molecule has 0 spiro atoms. The van der Waals surface area contributed by atoms with Gasteiger partial charge in [0.1, 0.15) is 18.3 Å². The minimum absolute atomic E-state index is 0.119. The zero-order valence-electron chi connectivity index (χ0n) is 21.2. The Labute approximate surface area is 224 Å². The van der Waals surface area contributed by atoms with Crippen molar-refractivity contribution in [2.75, 3.05) is 18.1 Å². The van der Waals surface area contributed by atoms with Crippen LogP contribution in [0, 0.1) is 0 Å². The summed E-state index contributed by atoms with van der Waals surface area (Å²) in [6, 6.07) is 30.2. The molecular formula is C30H38O4S2. The van der Waals surface area contributed by atoms with E-state index in [2.05, 4.69) is 26.0 Å². The first kappa shape index (κ1) is 28.8. The third-order valence-corrected chi connectivity index (χ3v) is 8.28. The second-order valence-corrected chi connectivity index (χ2v) is 11.5. The highest BCUT2D eigenvalue weighted by molar-refractivity contribution is 8.17. The van der Waals surface area contributed by atoms with E-state index in [0.29, 0.717) is 19.8 Å². The molecule has 6 heteroatoms. The maximum atomic E-state index is 11.4. The second-order valence-electron chi connectivity index (χ2n) is 8.37. The van der Waals surface area contributed by atoms with E-state index in [1.54, 1.807) is 0 Å². The summed E-state index contributed by atoms with van der Waals surface area (Å²) in [6.45, 7) is 5.77. The summed E-state index contributed by atoms with van der Waals surface area (Å²) in [6.07, 6.45) is -1.71. The zero-order chi connectivity index (χ0) is 25.4. The SMILES string of the molecule is CCSC(SCC)[C@@H](OCc1ccccc1)[C@H](OCc1ccccc1)[C@H](O)COCc1ccccc1. The molecule has 0 bridgehead atoms. The van der Waals surface area contributed by atoms with Crippen LogP contribution in [-0.2, 0) is 34.0 Å². The van der Waals surface area contributed by atoms with Gasteiger partial charge < -0.3 is 19.3 Å². The van der Waals surface area contributed by atoms with Gasteiger partial charge in [-0.2, -0.15) is 0 Å². The fourth-order valence-electron chi connectivity index (χ4n) is 3.82. The molecule has 1 N–H and O–H groups in total. The molecular weight excluding hydrogens is 488 g/mol. The Balaban J connectivity index is 1.78. The largest absolute Gasteiger partial charge is 0.388 e. The standard InChI is InChI=1S/C30H38O4S2/c1-3-35-30(36-4-2)29(34-22-26-18-12-7-13-19-26)28(33-21-25-16-10-6-11-17-25)27(31)23-32-20-24-14-8-5-9-15-24/h5-19,27-31H,3-4,20-23H2,1-2H3/t27-,28-,29+/m1/s1. The summed E-state index contributed by atoms with van der Waals surface area (Å²) in [5.74, 6) is 1.91. The summed E-state index contributed by atoms with van der Waals surface area (Å²) in [4.78, 5) is 0. The lowest BCUT2D eigenvalue weighted by Gasteiger charge is -2.35. The van der Waals surface area contributed by atoms with Gasteiger partial charge in [-0.15, -0.1) is 23.5 Å². The average molecular weight is 527 g/mol. The molecule has 0 amide bonds. The lowest BCUT2D eigenvalue weighted by atomic mass is 10.1. The molecule has 3 rings (SSSR count). The molecule has 0 saturated heterocycles. The van der Waals surface area contributed by atoms with Crippen LogP contribution in [0.5, 0.6) is 0 Å². The molecule has 194 valence electrons. The predicted octanol–water partition coefficient (Wildman–Crippen LogP) is 6.57. The van der Waals surface area contributed by atoms with Gasteiger partial charge in [-0.1, -0.05) is 105 Å². The van der Waals surface area contributed by atoms with E-state index in [1.807, 2.05) is 102 Å². The van der Waals surface area contributed by atoms with E-state index in [-0.39, 0.29) is 17.3 Å². The Hall–Kier alpha value is -1.80. The molecule has 0 fully saturated rings. The Morgan fingerprint density at radius 1 is 0.611 bits per heavy atom. The first-order chi connectivity index (χ1) is 17.7. The quantitative estimate of drug-likeness (QED) is 0.201. The van der Waals surface area contributed by atoms with Crippen molar-refractivity contribution >= 4 is 23.5 Å². The fraction of sp³-hybridized carbons (Fsp3) is 0.400. The molecule has 0 aromatic heterocycles. The number of benzene rings is 3. The van der Waals surface area contributed by atoms with E-state index in [1.165, 1.54) is 0 Å². The van der Waals surface area contributed by atoms with Crippen LogP contribution >= 0.6 is 23.5 Å². The lowest BCUT2D eigenvalue weighted by molar-refractivity contribution is -0.142. The zero-order valence-corrected chi connectivity index (χ0v) is 22.8. The van der Waals surface area contributed by atoms with Crippen LogP contribution in [0.2, 0.25) is 0 Å². The molecule has 0 radical (unpaired) electrons. The maximum Gasteiger partial charge on any atom is 0.114 e. The number of ether oxygens (including phenoxy) is 3. The molecule has 0 aliphatic carbocycles. The van der Waals surface area contributed by atoms with Crippen LogP contribution in [0.15, 0.2) is 91.0 Å². The van der Waals surface area contributed by atoms with Crippen molar-refractivity contribution < 1.29 is 19.3 Å². The van der Waals surface area contributed by atoms with E-state index in [4.69, 9.17) is 14.2 Å². The van der Waals surface area contributed by atoms with Crippen LogP contribution in [0.25, 0.3) is 0 Å². The molecule has 3 atom stereocenters. The monoisotopic (exact) mass is 526 g/mol. The van der Waals surface area contributed by atoms with Crippen molar-refractivity contribution in [3.63, 3.8) is 0 Å². The Bertz CT molecular complexity index is 937. The van der Waals surface area contributed by atoms with Gasteiger partial charge in [-0.05, 0) is 28.2 Å². The number of thioether (sulfide) groups is 2. The first-order valence-electron chi connectivity index (χ1n) is 12.5. The number of hydrogen-bond acceptors (Lipinski definition) is 6. The van der Waals surface area contributed by atoms with E-state index in [0.717, 1.165) is 28.2 Å². The topological polar surface area (TPSA) is 47.9 Å². The Morgan fingerprint density at radius 3 is 1.47 bits per heavy atom. The summed E-state index contributed by atoms with van der Waals surface area (Å²) in [5, 5.41) is 11.4. The van der Waals surface area contributed by atoms with Gasteiger partial charge in [-0.3, -0.25) is 0 Å². The van der Waals surface area contributed by atoms with Gasteiger partial charge in [0.2, 0.25) is 0 Å². The van der Waals surface area contributed by atoms with Crippen molar-refractivity contribution in [1.82, 2.24) is 0 Å². The van der Waals surface area contributed by atoms with Crippen molar-refractivity contribution in [3.05, 3.63) is 108 Å². The summed E-state index contributed by atoms with van der Waals surface area (Å²) in [5.41, 5.74) is 3.23. The van der Waals surface area contributed by atoms with Crippen molar-refractivity contribution in [2.24, 2.45) is 0 Å².